The first-order valence-corrected chi connectivity index (χ1v) is 20.9. The van der Waals surface area contributed by atoms with E-state index in [4.69, 9.17) is 0 Å². The molecule has 0 saturated carbocycles. The fourth-order valence-electron chi connectivity index (χ4n) is 11.0. The molecule has 0 aromatic heterocycles. The summed E-state index contributed by atoms with van der Waals surface area (Å²) in [4.78, 5) is 0. The third kappa shape index (κ3) is 4.82. The molecule has 0 amide bonds. The van der Waals surface area contributed by atoms with Gasteiger partial charge in [-0.05, 0) is 170 Å². The lowest BCUT2D eigenvalue weighted by Crippen LogP contribution is -2.14. The van der Waals surface area contributed by atoms with Gasteiger partial charge in [0, 0.05) is 10.8 Å². The molecule has 60 heavy (non-hydrogen) atoms. The zero-order chi connectivity index (χ0) is 40.7. The van der Waals surface area contributed by atoms with Crippen LogP contribution < -0.4 is 0 Å². The first kappa shape index (κ1) is 35.1. The standard InChI is InChI=1S/C58H40F2/c1-57(2)51-11-7-5-9-39(51)49-29-35(17-27-53(49)57)47-31-45(33-13-19-37(59)20-14-33)41-24-26-44-48(36-18-28-54-50(30-36)40-10-6-8-12-52(40)58(54,3)4)32-46(34-15-21-38(60)22-16-34)42-23-25-43(47)55(41)56(42)44/h5-32H,1-4H3. The average Bonchev–Trinajstić information content (AvgIpc) is 3.64. The molecule has 2 heteroatoms. The predicted octanol–water partition coefficient (Wildman–Crippen LogP) is 16.1. The van der Waals surface area contributed by atoms with Gasteiger partial charge in [-0.15, -0.1) is 0 Å². The van der Waals surface area contributed by atoms with E-state index in [1.54, 1.807) is 24.3 Å². The van der Waals surface area contributed by atoms with Gasteiger partial charge in [-0.1, -0.05) is 149 Å². The highest BCUT2D eigenvalue weighted by molar-refractivity contribution is 6.32. The van der Waals surface area contributed by atoms with E-state index < -0.39 is 0 Å². The third-order valence-electron chi connectivity index (χ3n) is 14.0. The van der Waals surface area contributed by atoms with Crippen molar-refractivity contribution >= 4 is 32.3 Å². The highest BCUT2D eigenvalue weighted by Gasteiger charge is 2.37. The minimum absolute atomic E-state index is 0.102. The van der Waals surface area contributed by atoms with Gasteiger partial charge < -0.3 is 0 Å². The van der Waals surface area contributed by atoms with Gasteiger partial charge in [-0.2, -0.15) is 0 Å². The van der Waals surface area contributed by atoms with Crippen molar-refractivity contribution in [1.29, 1.82) is 0 Å². The van der Waals surface area contributed by atoms with Crippen LogP contribution in [0.2, 0.25) is 0 Å². The molecule has 0 radical (unpaired) electrons. The smallest absolute Gasteiger partial charge is 0.123 e. The van der Waals surface area contributed by atoms with Crippen molar-refractivity contribution in [1.82, 2.24) is 0 Å². The summed E-state index contributed by atoms with van der Waals surface area (Å²) < 4.78 is 29.0. The highest BCUT2D eigenvalue weighted by atomic mass is 19.1. The topological polar surface area (TPSA) is 0 Å². The van der Waals surface area contributed by atoms with E-state index in [2.05, 4.69) is 149 Å². The molecular weight excluding hydrogens is 735 g/mol. The molecule has 0 atom stereocenters. The number of rotatable bonds is 4. The Bertz CT molecular complexity index is 3190. The minimum atomic E-state index is -0.259. The highest BCUT2D eigenvalue weighted by Crippen LogP contribution is 2.54. The van der Waals surface area contributed by atoms with Crippen LogP contribution >= 0.6 is 0 Å². The lowest BCUT2D eigenvalue weighted by atomic mass is 9.80. The van der Waals surface area contributed by atoms with Crippen LogP contribution in [0.4, 0.5) is 8.78 Å². The molecular formula is C58H40F2. The molecule has 286 valence electrons. The number of hydrogen-bond donors (Lipinski definition) is 0. The molecule has 0 bridgehead atoms. The summed E-state index contributed by atoms with van der Waals surface area (Å²) in [5, 5.41) is 6.87. The maximum absolute atomic E-state index is 14.5. The normalized spacial score (nSPS) is 14.4. The number of benzene rings is 10. The fourth-order valence-corrected chi connectivity index (χ4v) is 11.0. The molecule has 2 aliphatic carbocycles. The van der Waals surface area contributed by atoms with Crippen molar-refractivity contribution in [2.45, 2.75) is 38.5 Å². The molecule has 12 rings (SSSR count). The van der Waals surface area contributed by atoms with Gasteiger partial charge in [0.15, 0.2) is 0 Å². The van der Waals surface area contributed by atoms with Crippen molar-refractivity contribution in [3.63, 3.8) is 0 Å². The van der Waals surface area contributed by atoms with E-state index >= 15 is 0 Å². The van der Waals surface area contributed by atoms with E-state index in [1.807, 2.05) is 24.3 Å². The van der Waals surface area contributed by atoms with Crippen LogP contribution in [0.5, 0.6) is 0 Å². The Hall–Kier alpha value is -6.90. The quantitative estimate of drug-likeness (QED) is 0.156. The van der Waals surface area contributed by atoms with Crippen LogP contribution in [0.1, 0.15) is 49.9 Å². The van der Waals surface area contributed by atoms with Crippen LogP contribution in [0.15, 0.2) is 170 Å². The summed E-state index contributed by atoms with van der Waals surface area (Å²) in [6.07, 6.45) is 0. The molecule has 10 aromatic carbocycles. The monoisotopic (exact) mass is 774 g/mol. The fraction of sp³-hybridized carbons (Fsp3) is 0.103. The lowest BCUT2D eigenvalue weighted by molar-refractivity contribution is 0.627. The number of fused-ring (bicyclic) bond motifs is 6. The van der Waals surface area contributed by atoms with E-state index in [0.29, 0.717) is 0 Å². The van der Waals surface area contributed by atoms with E-state index in [0.717, 1.165) is 66.1 Å². The molecule has 0 unspecified atom stereocenters. The van der Waals surface area contributed by atoms with E-state index in [1.165, 1.54) is 55.3 Å². The van der Waals surface area contributed by atoms with Crippen molar-refractivity contribution in [3.05, 3.63) is 204 Å². The van der Waals surface area contributed by atoms with Crippen LogP contribution in [-0.2, 0) is 10.8 Å². The van der Waals surface area contributed by atoms with Crippen LogP contribution in [0, 0.1) is 11.6 Å². The summed E-state index contributed by atoms with van der Waals surface area (Å²) in [7, 11) is 0. The molecule has 0 aliphatic heterocycles. The van der Waals surface area contributed by atoms with Gasteiger partial charge in [0.05, 0.1) is 0 Å². The van der Waals surface area contributed by atoms with Gasteiger partial charge in [-0.25, -0.2) is 8.78 Å². The van der Waals surface area contributed by atoms with E-state index in [-0.39, 0.29) is 22.5 Å². The van der Waals surface area contributed by atoms with Crippen LogP contribution in [0.3, 0.4) is 0 Å². The predicted molar refractivity (Wildman–Crippen MR) is 247 cm³/mol. The summed E-state index contributed by atoms with van der Waals surface area (Å²) >= 11 is 0. The average molecular weight is 775 g/mol. The summed E-state index contributed by atoms with van der Waals surface area (Å²) in [6, 6.07) is 59.0. The first-order valence-electron chi connectivity index (χ1n) is 20.9. The van der Waals surface area contributed by atoms with Gasteiger partial charge in [-0.3, -0.25) is 0 Å². The molecule has 2 aliphatic rings. The largest absolute Gasteiger partial charge is 0.207 e. The Morgan fingerprint density at radius 3 is 0.983 bits per heavy atom. The zero-order valence-electron chi connectivity index (χ0n) is 33.9. The van der Waals surface area contributed by atoms with Gasteiger partial charge in [0.2, 0.25) is 0 Å². The van der Waals surface area contributed by atoms with Crippen molar-refractivity contribution in [2.24, 2.45) is 0 Å². The maximum atomic E-state index is 14.5. The summed E-state index contributed by atoms with van der Waals surface area (Å²) in [5.74, 6) is -0.518. The van der Waals surface area contributed by atoms with E-state index in [9.17, 15) is 8.78 Å². The number of halogens is 2. The zero-order valence-corrected chi connectivity index (χ0v) is 33.9. The van der Waals surface area contributed by atoms with Crippen molar-refractivity contribution in [3.8, 4) is 66.8 Å². The summed E-state index contributed by atoms with van der Waals surface area (Å²) in [6.45, 7) is 9.27. The molecule has 10 aromatic rings. The number of hydrogen-bond acceptors (Lipinski definition) is 0. The second-order valence-electron chi connectivity index (χ2n) is 17.9. The SMILES string of the molecule is CC1(C)c2ccccc2-c2cc(-c3cc(-c4ccc(F)cc4)c4ccc5c(-c6ccc7c(c6)-c6ccccc6C7(C)C)cc(-c6ccc(F)cc6)c6ccc3c4c65)ccc21. The lowest BCUT2D eigenvalue weighted by Gasteiger charge is -2.23. The first-order chi connectivity index (χ1) is 29.1. The molecule has 0 N–H and O–H groups in total. The van der Waals surface area contributed by atoms with Crippen molar-refractivity contribution in [2.75, 3.05) is 0 Å². The van der Waals surface area contributed by atoms with Crippen molar-refractivity contribution < 1.29 is 8.78 Å². The third-order valence-corrected chi connectivity index (χ3v) is 14.0. The summed E-state index contributed by atoms with van der Waals surface area (Å²) in [5.41, 5.74) is 18.8. The molecule has 0 saturated heterocycles. The molecule has 0 nitrogen and oxygen atoms in total. The molecule has 0 heterocycles. The molecule has 0 fully saturated rings. The second kappa shape index (κ2) is 12.3. The Kier molecular flexibility index (Phi) is 7.20. The Balaban J connectivity index is 1.19. The van der Waals surface area contributed by atoms with Crippen LogP contribution in [-0.4, -0.2) is 0 Å². The Labute approximate surface area is 348 Å². The maximum Gasteiger partial charge on any atom is 0.123 e. The second-order valence-corrected chi connectivity index (χ2v) is 17.9. The van der Waals surface area contributed by atoms with Gasteiger partial charge >= 0.3 is 0 Å². The molecule has 0 spiro atoms. The minimum Gasteiger partial charge on any atom is -0.207 e. The van der Waals surface area contributed by atoms with Gasteiger partial charge in [0.1, 0.15) is 11.6 Å². The van der Waals surface area contributed by atoms with Gasteiger partial charge in [0.25, 0.3) is 0 Å². The van der Waals surface area contributed by atoms with Crippen LogP contribution in [0.25, 0.3) is 99.1 Å². The Morgan fingerprint density at radius 1 is 0.283 bits per heavy atom. The Morgan fingerprint density at radius 2 is 0.600 bits per heavy atom.